The van der Waals surface area contributed by atoms with Crippen molar-refractivity contribution in [1.82, 2.24) is 15.5 Å². The second-order valence-electron chi connectivity index (χ2n) is 7.21. The molecule has 0 spiro atoms. The lowest BCUT2D eigenvalue weighted by Gasteiger charge is -2.27. The Morgan fingerprint density at radius 1 is 1.15 bits per heavy atom. The standard InChI is InChI=1S/C19H30N4O4/c1-7-23(13(2)17(25)21-18(26)22-19(3,4)5)12-16(24)20-14-8-10-15(27-6)11-9-14/h8-11,13H,7,12H2,1-6H3,(H,20,24)(H2,21,22,25,26). The minimum absolute atomic E-state index is 0.0258. The third-order valence-electron chi connectivity index (χ3n) is 3.78. The first-order valence-electron chi connectivity index (χ1n) is 8.86. The van der Waals surface area contributed by atoms with E-state index in [4.69, 9.17) is 4.74 Å². The molecule has 8 nitrogen and oxygen atoms in total. The van der Waals surface area contributed by atoms with E-state index >= 15 is 0 Å². The Kier molecular flexibility index (Phi) is 8.24. The van der Waals surface area contributed by atoms with Crippen molar-refractivity contribution in [3.8, 4) is 5.75 Å². The van der Waals surface area contributed by atoms with Gasteiger partial charge in [0.15, 0.2) is 0 Å². The summed E-state index contributed by atoms with van der Waals surface area (Å²) < 4.78 is 5.08. The molecule has 27 heavy (non-hydrogen) atoms. The Morgan fingerprint density at radius 3 is 2.22 bits per heavy atom. The number of nitrogens with one attached hydrogen (secondary N) is 3. The monoisotopic (exact) mass is 378 g/mol. The highest BCUT2D eigenvalue weighted by molar-refractivity contribution is 5.97. The van der Waals surface area contributed by atoms with Crippen LogP contribution in [0.3, 0.4) is 0 Å². The SMILES string of the molecule is CCN(CC(=O)Nc1ccc(OC)cc1)C(C)C(=O)NC(=O)NC(C)(C)C. The molecule has 0 aliphatic rings. The lowest BCUT2D eigenvalue weighted by Crippen LogP contribution is -2.54. The van der Waals surface area contributed by atoms with Gasteiger partial charge in [-0.25, -0.2) is 4.79 Å². The van der Waals surface area contributed by atoms with Crippen molar-refractivity contribution in [2.75, 3.05) is 25.5 Å². The zero-order chi connectivity index (χ0) is 20.6. The van der Waals surface area contributed by atoms with Crippen LogP contribution in [0.25, 0.3) is 0 Å². The van der Waals surface area contributed by atoms with Gasteiger partial charge in [0.25, 0.3) is 0 Å². The first-order chi connectivity index (χ1) is 12.6. The Bertz CT molecular complexity index is 653. The van der Waals surface area contributed by atoms with Gasteiger partial charge in [-0.15, -0.1) is 0 Å². The second-order valence-corrected chi connectivity index (χ2v) is 7.21. The van der Waals surface area contributed by atoms with E-state index in [9.17, 15) is 14.4 Å². The zero-order valence-electron chi connectivity index (χ0n) is 16.9. The minimum Gasteiger partial charge on any atom is -0.497 e. The minimum atomic E-state index is -0.637. The van der Waals surface area contributed by atoms with Crippen LogP contribution in [-0.4, -0.2) is 54.5 Å². The number of benzene rings is 1. The van der Waals surface area contributed by atoms with Crippen molar-refractivity contribution in [3.63, 3.8) is 0 Å². The summed E-state index contributed by atoms with van der Waals surface area (Å²) in [5, 5.41) is 7.75. The summed E-state index contributed by atoms with van der Waals surface area (Å²) in [6, 6.07) is 5.77. The Balaban J connectivity index is 2.60. The van der Waals surface area contributed by atoms with Crippen LogP contribution >= 0.6 is 0 Å². The van der Waals surface area contributed by atoms with E-state index < -0.39 is 23.5 Å². The molecule has 1 aromatic carbocycles. The molecule has 3 N–H and O–H groups in total. The average molecular weight is 378 g/mol. The summed E-state index contributed by atoms with van der Waals surface area (Å²) in [6.45, 7) is 9.47. The first-order valence-corrected chi connectivity index (χ1v) is 8.86. The number of carbonyl (C=O) groups excluding carboxylic acids is 3. The zero-order valence-corrected chi connectivity index (χ0v) is 16.9. The summed E-state index contributed by atoms with van der Waals surface area (Å²) in [4.78, 5) is 38.1. The van der Waals surface area contributed by atoms with Gasteiger partial charge < -0.3 is 15.4 Å². The highest BCUT2D eigenvalue weighted by Gasteiger charge is 2.24. The fourth-order valence-corrected chi connectivity index (χ4v) is 2.34. The highest BCUT2D eigenvalue weighted by Crippen LogP contribution is 2.15. The molecular formula is C19H30N4O4. The van der Waals surface area contributed by atoms with Crippen LogP contribution in [0, 0.1) is 0 Å². The van der Waals surface area contributed by atoms with E-state index in [2.05, 4.69) is 16.0 Å². The van der Waals surface area contributed by atoms with Crippen LogP contribution < -0.4 is 20.7 Å². The van der Waals surface area contributed by atoms with Crippen molar-refractivity contribution in [1.29, 1.82) is 0 Å². The van der Waals surface area contributed by atoms with E-state index in [1.165, 1.54) is 0 Å². The molecule has 1 aromatic rings. The molecular weight excluding hydrogens is 348 g/mol. The van der Waals surface area contributed by atoms with Gasteiger partial charge in [-0.1, -0.05) is 6.92 Å². The fourth-order valence-electron chi connectivity index (χ4n) is 2.34. The maximum absolute atomic E-state index is 12.3. The van der Waals surface area contributed by atoms with E-state index in [1.54, 1.807) is 43.2 Å². The van der Waals surface area contributed by atoms with E-state index in [1.807, 2.05) is 27.7 Å². The van der Waals surface area contributed by atoms with Crippen LogP contribution in [0.2, 0.25) is 0 Å². The normalized spacial score (nSPS) is 12.3. The first kappa shape index (κ1) is 22.4. The van der Waals surface area contributed by atoms with Crippen molar-refractivity contribution >= 4 is 23.5 Å². The average Bonchev–Trinajstić information content (AvgIpc) is 2.57. The topological polar surface area (TPSA) is 99.8 Å². The fraction of sp³-hybridized carbons (Fsp3) is 0.526. The lowest BCUT2D eigenvalue weighted by molar-refractivity contribution is -0.126. The second kappa shape index (κ2) is 9.91. The number of hydrogen-bond acceptors (Lipinski definition) is 5. The van der Waals surface area contributed by atoms with Crippen molar-refractivity contribution < 1.29 is 19.1 Å². The molecule has 0 aliphatic carbocycles. The van der Waals surface area contributed by atoms with Crippen LogP contribution in [0.1, 0.15) is 34.6 Å². The van der Waals surface area contributed by atoms with Gasteiger partial charge >= 0.3 is 6.03 Å². The number of amides is 4. The van der Waals surface area contributed by atoms with Gasteiger partial charge in [0.1, 0.15) is 5.75 Å². The number of rotatable bonds is 7. The summed E-state index contributed by atoms with van der Waals surface area (Å²) in [5.74, 6) is -0.0151. The van der Waals surface area contributed by atoms with Crippen LogP contribution in [0.15, 0.2) is 24.3 Å². The largest absolute Gasteiger partial charge is 0.497 e. The predicted octanol–water partition coefficient (Wildman–Crippen LogP) is 1.97. The van der Waals surface area contributed by atoms with Crippen LogP contribution in [-0.2, 0) is 9.59 Å². The van der Waals surface area contributed by atoms with Crippen LogP contribution in [0.4, 0.5) is 10.5 Å². The molecule has 1 rings (SSSR count). The summed E-state index contributed by atoms with van der Waals surface area (Å²) in [6.07, 6.45) is 0. The number of urea groups is 1. The van der Waals surface area contributed by atoms with Gasteiger partial charge in [-0.3, -0.25) is 19.8 Å². The molecule has 150 valence electrons. The van der Waals surface area contributed by atoms with Crippen molar-refractivity contribution in [2.24, 2.45) is 0 Å². The number of nitrogens with zero attached hydrogens (tertiary/aromatic N) is 1. The van der Waals surface area contributed by atoms with Gasteiger partial charge in [-0.2, -0.15) is 0 Å². The molecule has 0 saturated carbocycles. The number of hydrogen-bond donors (Lipinski definition) is 3. The Morgan fingerprint density at radius 2 is 1.74 bits per heavy atom. The number of likely N-dealkylation sites (N-methyl/N-ethyl adjacent to an activating group) is 1. The smallest absolute Gasteiger partial charge is 0.321 e. The van der Waals surface area contributed by atoms with Crippen LogP contribution in [0.5, 0.6) is 5.75 Å². The van der Waals surface area contributed by atoms with Crippen molar-refractivity contribution in [2.45, 2.75) is 46.2 Å². The number of imide groups is 1. The quantitative estimate of drug-likeness (QED) is 0.674. The molecule has 1 atom stereocenters. The van der Waals surface area contributed by atoms with Gasteiger partial charge in [-0.05, 0) is 58.5 Å². The van der Waals surface area contributed by atoms with E-state index in [-0.39, 0.29) is 12.5 Å². The molecule has 8 heteroatoms. The maximum Gasteiger partial charge on any atom is 0.321 e. The molecule has 0 heterocycles. The summed E-state index contributed by atoms with van der Waals surface area (Å²) in [5.41, 5.74) is 0.189. The predicted molar refractivity (Wildman–Crippen MR) is 105 cm³/mol. The molecule has 0 aliphatic heterocycles. The maximum atomic E-state index is 12.3. The summed E-state index contributed by atoms with van der Waals surface area (Å²) >= 11 is 0. The third kappa shape index (κ3) is 8.08. The van der Waals surface area contributed by atoms with E-state index in [0.29, 0.717) is 18.0 Å². The molecule has 0 fully saturated rings. The molecule has 0 aromatic heterocycles. The van der Waals surface area contributed by atoms with Gasteiger partial charge in [0.05, 0.1) is 19.7 Å². The molecule has 0 saturated heterocycles. The Hall–Kier alpha value is -2.61. The third-order valence-corrected chi connectivity index (χ3v) is 3.78. The van der Waals surface area contributed by atoms with Crippen molar-refractivity contribution in [3.05, 3.63) is 24.3 Å². The number of ether oxygens (including phenoxy) is 1. The van der Waals surface area contributed by atoms with Gasteiger partial charge in [0, 0.05) is 11.2 Å². The lowest BCUT2D eigenvalue weighted by atomic mass is 10.1. The molecule has 1 unspecified atom stereocenters. The highest BCUT2D eigenvalue weighted by atomic mass is 16.5. The molecule has 0 bridgehead atoms. The number of anilines is 1. The van der Waals surface area contributed by atoms with Gasteiger partial charge in [0.2, 0.25) is 11.8 Å². The number of carbonyl (C=O) groups is 3. The van der Waals surface area contributed by atoms with E-state index in [0.717, 1.165) is 0 Å². The number of methoxy groups -OCH3 is 1. The summed E-state index contributed by atoms with van der Waals surface area (Å²) in [7, 11) is 1.57. The molecule has 0 radical (unpaired) electrons. The molecule has 4 amide bonds. The Labute approximate surface area is 160 Å².